The molecule has 1 aliphatic rings. The van der Waals surface area contributed by atoms with Crippen LogP contribution in [-0.4, -0.2) is 89.2 Å². The van der Waals surface area contributed by atoms with Gasteiger partial charge in [-0.25, -0.2) is 4.79 Å². The molecular weight excluding hydrogens is 853 g/mol. The first-order valence-corrected chi connectivity index (χ1v) is 25.9. The molecule has 1 fully saturated rings. The number of hydrogen-bond donors (Lipinski definition) is 3. The van der Waals surface area contributed by atoms with Gasteiger partial charge in [0.25, 0.3) is 0 Å². The molecule has 0 radical (unpaired) electrons. The van der Waals surface area contributed by atoms with Crippen molar-refractivity contribution in [3.63, 3.8) is 0 Å². The molecule has 0 saturated carbocycles. The molecule has 0 aromatic carbocycles. The van der Waals surface area contributed by atoms with E-state index in [1.54, 1.807) is 0 Å². The van der Waals surface area contributed by atoms with Gasteiger partial charge in [0.05, 0.1) is 6.61 Å². The SMILES string of the molecule is CC/C=C\C/C=C\C/C=C\CCCCCC(=O)OCC(COC1OC(C(=O)O)C(O)C(O)C1OC(=O)CCCCCCC/C=C\C/C=C\CCC)OC(=O)CCCCCCC/C=C\CCCC. The number of aliphatic hydroxyl groups excluding tert-OH is 2. The predicted molar refractivity (Wildman–Crippen MR) is 266 cm³/mol. The normalized spacial score (nSPS) is 19.4. The average molecular weight is 943 g/mol. The monoisotopic (exact) mass is 943 g/mol. The largest absolute Gasteiger partial charge is 0.479 e. The van der Waals surface area contributed by atoms with E-state index in [4.69, 9.17) is 23.7 Å². The molecule has 3 N–H and O–H groups in total. The molecule has 0 spiro atoms. The molecule has 1 aliphatic heterocycles. The molecule has 0 bridgehead atoms. The van der Waals surface area contributed by atoms with Crippen LogP contribution in [0.5, 0.6) is 0 Å². The van der Waals surface area contributed by atoms with E-state index < -0.39 is 67.3 Å². The lowest BCUT2D eigenvalue weighted by Crippen LogP contribution is -2.61. The number of aliphatic carboxylic acids is 1. The van der Waals surface area contributed by atoms with E-state index in [0.717, 1.165) is 128 Å². The molecule has 12 heteroatoms. The summed E-state index contributed by atoms with van der Waals surface area (Å²) in [6.45, 7) is 5.69. The zero-order valence-electron chi connectivity index (χ0n) is 41.6. The van der Waals surface area contributed by atoms with E-state index in [9.17, 15) is 34.5 Å². The fourth-order valence-corrected chi connectivity index (χ4v) is 7.22. The summed E-state index contributed by atoms with van der Waals surface area (Å²) >= 11 is 0. The van der Waals surface area contributed by atoms with Crippen LogP contribution in [0.1, 0.15) is 201 Å². The molecule has 67 heavy (non-hydrogen) atoms. The maximum Gasteiger partial charge on any atom is 0.335 e. The van der Waals surface area contributed by atoms with Crippen LogP contribution in [-0.2, 0) is 42.9 Å². The molecule has 6 unspecified atom stereocenters. The Morgan fingerprint density at radius 2 is 0.970 bits per heavy atom. The van der Waals surface area contributed by atoms with Crippen molar-refractivity contribution < 1.29 is 58.2 Å². The van der Waals surface area contributed by atoms with Crippen molar-refractivity contribution >= 4 is 23.9 Å². The Bertz CT molecular complexity index is 1450. The topological polar surface area (TPSA) is 175 Å². The van der Waals surface area contributed by atoms with Crippen LogP contribution in [0.2, 0.25) is 0 Å². The number of ether oxygens (including phenoxy) is 5. The van der Waals surface area contributed by atoms with Crippen LogP contribution < -0.4 is 0 Å². The molecule has 1 heterocycles. The molecule has 6 atom stereocenters. The third-order valence-electron chi connectivity index (χ3n) is 11.2. The number of hydrogen-bond acceptors (Lipinski definition) is 11. The number of carbonyl (C=O) groups is 4. The Morgan fingerprint density at radius 3 is 1.52 bits per heavy atom. The summed E-state index contributed by atoms with van der Waals surface area (Å²) in [6, 6.07) is 0. The highest BCUT2D eigenvalue weighted by Gasteiger charge is 2.50. The van der Waals surface area contributed by atoms with Crippen molar-refractivity contribution in [2.45, 2.75) is 237 Å². The Morgan fingerprint density at radius 1 is 0.507 bits per heavy atom. The van der Waals surface area contributed by atoms with Gasteiger partial charge in [-0.1, -0.05) is 158 Å². The first-order chi connectivity index (χ1) is 32.6. The minimum Gasteiger partial charge on any atom is -0.479 e. The highest BCUT2D eigenvalue weighted by molar-refractivity contribution is 5.74. The zero-order chi connectivity index (χ0) is 49.0. The van der Waals surface area contributed by atoms with E-state index in [2.05, 4.69) is 93.7 Å². The maximum atomic E-state index is 13.0. The third-order valence-corrected chi connectivity index (χ3v) is 11.2. The van der Waals surface area contributed by atoms with Gasteiger partial charge in [-0.05, 0) is 96.3 Å². The minimum absolute atomic E-state index is 0.0381. The van der Waals surface area contributed by atoms with Gasteiger partial charge in [0, 0.05) is 19.3 Å². The second-order valence-electron chi connectivity index (χ2n) is 17.4. The van der Waals surface area contributed by atoms with Crippen molar-refractivity contribution in [1.82, 2.24) is 0 Å². The van der Waals surface area contributed by atoms with Gasteiger partial charge >= 0.3 is 23.9 Å². The summed E-state index contributed by atoms with van der Waals surface area (Å²) in [5, 5.41) is 31.3. The maximum absolute atomic E-state index is 13.0. The lowest BCUT2D eigenvalue weighted by Gasteiger charge is -2.40. The molecule has 1 rings (SSSR count). The Labute approximate surface area is 404 Å². The molecule has 0 amide bonds. The molecule has 0 aromatic heterocycles. The first-order valence-electron chi connectivity index (χ1n) is 25.9. The van der Waals surface area contributed by atoms with Gasteiger partial charge in [-0.2, -0.15) is 0 Å². The fraction of sp³-hybridized carbons (Fsp3) is 0.709. The van der Waals surface area contributed by atoms with Crippen LogP contribution in [0.3, 0.4) is 0 Å². The van der Waals surface area contributed by atoms with E-state index >= 15 is 0 Å². The van der Waals surface area contributed by atoms with E-state index in [1.807, 2.05) is 0 Å². The van der Waals surface area contributed by atoms with Gasteiger partial charge in [-0.3, -0.25) is 14.4 Å². The summed E-state index contributed by atoms with van der Waals surface area (Å²) in [5.41, 5.74) is 0. The van der Waals surface area contributed by atoms with Crippen molar-refractivity contribution in [3.05, 3.63) is 72.9 Å². The number of carboxylic acid groups (broad SMARTS) is 1. The van der Waals surface area contributed by atoms with Crippen molar-refractivity contribution in [2.24, 2.45) is 0 Å². The number of rotatable bonds is 42. The van der Waals surface area contributed by atoms with Gasteiger partial charge in [0.15, 0.2) is 24.6 Å². The first kappa shape index (κ1) is 61.2. The molecule has 382 valence electrons. The molecular formula is C55H90O12. The number of unbranched alkanes of at least 4 members (excludes halogenated alkanes) is 16. The van der Waals surface area contributed by atoms with Crippen molar-refractivity contribution in [2.75, 3.05) is 13.2 Å². The second-order valence-corrected chi connectivity index (χ2v) is 17.4. The number of aliphatic hydroxyl groups is 2. The molecule has 1 saturated heterocycles. The molecule has 0 aliphatic carbocycles. The van der Waals surface area contributed by atoms with Crippen LogP contribution in [0.15, 0.2) is 72.9 Å². The van der Waals surface area contributed by atoms with Crippen molar-refractivity contribution in [3.8, 4) is 0 Å². The van der Waals surface area contributed by atoms with Crippen molar-refractivity contribution in [1.29, 1.82) is 0 Å². The summed E-state index contributed by atoms with van der Waals surface area (Å²) in [7, 11) is 0. The quantitative estimate of drug-likeness (QED) is 0.0229. The number of esters is 3. The summed E-state index contributed by atoms with van der Waals surface area (Å²) < 4.78 is 28.2. The predicted octanol–water partition coefficient (Wildman–Crippen LogP) is 12.2. The van der Waals surface area contributed by atoms with Gasteiger partial charge in [0.2, 0.25) is 0 Å². The summed E-state index contributed by atoms with van der Waals surface area (Å²) in [6.07, 6.45) is 40.4. The number of carbonyl (C=O) groups excluding carboxylic acids is 3. The highest BCUT2D eigenvalue weighted by atomic mass is 16.7. The van der Waals surface area contributed by atoms with Crippen LogP contribution in [0.25, 0.3) is 0 Å². The number of allylic oxidation sites excluding steroid dienone is 12. The van der Waals surface area contributed by atoms with Gasteiger partial charge in [0.1, 0.15) is 18.8 Å². The van der Waals surface area contributed by atoms with Gasteiger partial charge in [-0.15, -0.1) is 0 Å². The van der Waals surface area contributed by atoms with E-state index in [1.165, 1.54) is 12.8 Å². The Balaban J connectivity index is 2.77. The smallest absolute Gasteiger partial charge is 0.335 e. The van der Waals surface area contributed by atoms with Crippen LogP contribution in [0.4, 0.5) is 0 Å². The number of carboxylic acids is 1. The Hall–Kier alpha value is -3.84. The van der Waals surface area contributed by atoms with E-state index in [0.29, 0.717) is 19.3 Å². The molecule has 12 nitrogen and oxygen atoms in total. The minimum atomic E-state index is -1.91. The standard InChI is InChI=1S/C55H90O12/c1-4-7-10-13-16-19-22-24-27-29-32-35-38-41-47(56)63-44-46(65-48(57)42-39-36-33-30-26-21-18-15-12-9-6-3)45-64-55-53(51(60)50(59)52(67-55)54(61)62)66-49(58)43-40-37-34-31-28-25-23-20-17-14-11-8-5-2/h7,10-11,14-16,18-20,23-24,27,46,50-53,55,59-60H,4-6,8-9,12-13,17,21-22,25-26,28-45H2,1-3H3,(H,61,62)/b10-7-,14-11-,18-15-,19-16-,23-20-,27-24-. The second kappa shape index (κ2) is 43.4. The molecule has 0 aromatic rings. The lowest BCUT2D eigenvalue weighted by atomic mass is 9.98. The highest BCUT2D eigenvalue weighted by Crippen LogP contribution is 2.26. The fourth-order valence-electron chi connectivity index (χ4n) is 7.22. The van der Waals surface area contributed by atoms with Crippen LogP contribution in [0, 0.1) is 0 Å². The average Bonchev–Trinajstić information content (AvgIpc) is 3.31. The van der Waals surface area contributed by atoms with Crippen LogP contribution >= 0.6 is 0 Å². The summed E-state index contributed by atoms with van der Waals surface area (Å²) in [5.74, 6) is -3.20. The lowest BCUT2D eigenvalue weighted by molar-refractivity contribution is -0.301. The van der Waals surface area contributed by atoms with Gasteiger partial charge < -0.3 is 39.0 Å². The zero-order valence-corrected chi connectivity index (χ0v) is 41.6. The van der Waals surface area contributed by atoms with E-state index in [-0.39, 0.29) is 25.9 Å². The summed E-state index contributed by atoms with van der Waals surface area (Å²) in [4.78, 5) is 50.8. The Kier molecular flexibility index (Phi) is 39.7. The third kappa shape index (κ3) is 34.2.